The number of alkyl halides is 1. The van der Waals surface area contributed by atoms with Crippen molar-refractivity contribution in [1.82, 2.24) is 0 Å². The summed E-state index contributed by atoms with van der Waals surface area (Å²) in [5, 5.41) is 0.743. The van der Waals surface area contributed by atoms with Crippen LogP contribution in [0.4, 0.5) is 4.39 Å². The Morgan fingerprint density at radius 1 is 1.17 bits per heavy atom. The summed E-state index contributed by atoms with van der Waals surface area (Å²) < 4.78 is 18.8. The average molecular weight is 309 g/mol. The normalized spacial score (nSPS) is 10.4. The van der Waals surface area contributed by atoms with Crippen LogP contribution in [0.1, 0.15) is 16.7 Å². The molecule has 0 bridgehead atoms. The molecular formula is C15H14BrFO. The Hall–Kier alpha value is -1.35. The Kier molecular flexibility index (Phi) is 4.37. The van der Waals surface area contributed by atoms with E-state index in [1.54, 1.807) is 6.07 Å². The van der Waals surface area contributed by atoms with Gasteiger partial charge in [-0.3, -0.25) is 0 Å². The maximum absolute atomic E-state index is 13.0. The Morgan fingerprint density at radius 3 is 2.72 bits per heavy atom. The highest BCUT2D eigenvalue weighted by molar-refractivity contribution is 9.08. The van der Waals surface area contributed by atoms with Gasteiger partial charge in [0, 0.05) is 10.9 Å². The van der Waals surface area contributed by atoms with E-state index < -0.39 is 0 Å². The van der Waals surface area contributed by atoms with E-state index in [1.165, 1.54) is 17.7 Å². The molecule has 0 N–H and O–H groups in total. The van der Waals surface area contributed by atoms with Crippen molar-refractivity contribution in [2.24, 2.45) is 0 Å². The lowest BCUT2D eigenvalue weighted by molar-refractivity contribution is 0.303. The maximum Gasteiger partial charge on any atom is 0.123 e. The third-order valence-corrected chi connectivity index (χ3v) is 3.25. The highest BCUT2D eigenvalue weighted by atomic mass is 79.9. The van der Waals surface area contributed by atoms with Crippen LogP contribution in [0.15, 0.2) is 42.5 Å². The lowest BCUT2D eigenvalue weighted by Gasteiger charge is -2.11. The Morgan fingerprint density at radius 2 is 2.00 bits per heavy atom. The zero-order chi connectivity index (χ0) is 13.0. The van der Waals surface area contributed by atoms with Gasteiger partial charge in [0.15, 0.2) is 0 Å². The number of rotatable bonds is 4. The molecule has 0 saturated carbocycles. The first-order valence-corrected chi connectivity index (χ1v) is 6.84. The topological polar surface area (TPSA) is 9.23 Å². The molecule has 18 heavy (non-hydrogen) atoms. The molecule has 0 atom stereocenters. The highest BCUT2D eigenvalue weighted by Crippen LogP contribution is 2.23. The van der Waals surface area contributed by atoms with Crippen molar-refractivity contribution in [2.45, 2.75) is 18.9 Å². The SMILES string of the molecule is Cc1ccc(OCc2cccc(F)c2)c(CBr)c1. The number of benzene rings is 2. The van der Waals surface area contributed by atoms with Crippen LogP contribution in [0, 0.1) is 12.7 Å². The minimum absolute atomic E-state index is 0.235. The van der Waals surface area contributed by atoms with Crippen molar-refractivity contribution >= 4 is 15.9 Å². The zero-order valence-corrected chi connectivity index (χ0v) is 11.7. The standard InChI is InChI=1S/C15H14BrFO/c1-11-5-6-15(13(7-11)9-16)18-10-12-3-2-4-14(17)8-12/h2-8H,9-10H2,1H3. The molecule has 0 unspecified atom stereocenters. The van der Waals surface area contributed by atoms with Gasteiger partial charge in [-0.2, -0.15) is 0 Å². The number of ether oxygens (including phenoxy) is 1. The third kappa shape index (κ3) is 3.33. The molecule has 94 valence electrons. The van der Waals surface area contributed by atoms with Gasteiger partial charge < -0.3 is 4.74 Å². The molecule has 0 aliphatic rings. The maximum atomic E-state index is 13.0. The Balaban J connectivity index is 2.10. The van der Waals surface area contributed by atoms with Gasteiger partial charge in [0.25, 0.3) is 0 Å². The fourth-order valence-electron chi connectivity index (χ4n) is 1.74. The second kappa shape index (κ2) is 6.01. The van der Waals surface area contributed by atoms with Crippen molar-refractivity contribution in [1.29, 1.82) is 0 Å². The van der Waals surface area contributed by atoms with E-state index in [-0.39, 0.29) is 5.82 Å². The van der Waals surface area contributed by atoms with Gasteiger partial charge in [0.05, 0.1) is 0 Å². The molecule has 0 aliphatic heterocycles. The van der Waals surface area contributed by atoms with Crippen molar-refractivity contribution < 1.29 is 9.13 Å². The van der Waals surface area contributed by atoms with Gasteiger partial charge >= 0.3 is 0 Å². The van der Waals surface area contributed by atoms with Gasteiger partial charge in [-0.25, -0.2) is 4.39 Å². The van der Waals surface area contributed by atoms with Crippen LogP contribution in [-0.4, -0.2) is 0 Å². The molecule has 0 aliphatic carbocycles. The molecule has 0 fully saturated rings. The van der Waals surface area contributed by atoms with Crippen LogP contribution in [0.2, 0.25) is 0 Å². The smallest absolute Gasteiger partial charge is 0.123 e. The summed E-state index contributed by atoms with van der Waals surface area (Å²) in [7, 11) is 0. The van der Waals surface area contributed by atoms with E-state index in [0.717, 1.165) is 22.2 Å². The minimum atomic E-state index is -0.235. The number of aryl methyl sites for hydroxylation is 1. The van der Waals surface area contributed by atoms with Crippen LogP contribution in [0.25, 0.3) is 0 Å². The summed E-state index contributed by atoms with van der Waals surface area (Å²) in [6, 6.07) is 12.5. The fraction of sp³-hybridized carbons (Fsp3) is 0.200. The quantitative estimate of drug-likeness (QED) is 0.750. The number of halogens is 2. The van der Waals surface area contributed by atoms with Crippen LogP contribution in [0.3, 0.4) is 0 Å². The molecule has 2 aromatic rings. The predicted molar refractivity (Wildman–Crippen MR) is 74.5 cm³/mol. The first-order valence-electron chi connectivity index (χ1n) is 5.72. The average Bonchev–Trinajstić information content (AvgIpc) is 2.37. The third-order valence-electron chi connectivity index (χ3n) is 2.64. The molecule has 0 aromatic heterocycles. The molecule has 0 heterocycles. The molecule has 0 radical (unpaired) electrons. The van der Waals surface area contributed by atoms with Gasteiger partial charge in [-0.05, 0) is 30.7 Å². The van der Waals surface area contributed by atoms with Crippen LogP contribution >= 0.6 is 15.9 Å². The first kappa shape index (κ1) is 13.1. The minimum Gasteiger partial charge on any atom is -0.489 e. The van der Waals surface area contributed by atoms with Gasteiger partial charge in [0.2, 0.25) is 0 Å². The molecule has 2 rings (SSSR count). The highest BCUT2D eigenvalue weighted by Gasteiger charge is 2.03. The Labute approximate surface area is 115 Å². The van der Waals surface area contributed by atoms with E-state index >= 15 is 0 Å². The van der Waals surface area contributed by atoms with E-state index in [0.29, 0.717) is 6.61 Å². The number of hydrogen-bond donors (Lipinski definition) is 0. The van der Waals surface area contributed by atoms with Crippen LogP contribution in [-0.2, 0) is 11.9 Å². The van der Waals surface area contributed by atoms with Gasteiger partial charge in [0.1, 0.15) is 18.2 Å². The second-order valence-electron chi connectivity index (χ2n) is 4.16. The number of hydrogen-bond acceptors (Lipinski definition) is 1. The van der Waals surface area contributed by atoms with E-state index in [2.05, 4.69) is 22.0 Å². The van der Waals surface area contributed by atoms with Gasteiger partial charge in [-0.1, -0.05) is 45.8 Å². The van der Waals surface area contributed by atoms with E-state index in [1.807, 2.05) is 25.1 Å². The Bertz CT molecular complexity index is 540. The van der Waals surface area contributed by atoms with E-state index in [9.17, 15) is 4.39 Å². The van der Waals surface area contributed by atoms with Crippen LogP contribution < -0.4 is 4.74 Å². The fourth-order valence-corrected chi connectivity index (χ4v) is 2.18. The molecule has 0 spiro atoms. The predicted octanol–water partition coefficient (Wildman–Crippen LogP) is 4.61. The lowest BCUT2D eigenvalue weighted by Crippen LogP contribution is -1.98. The molecular weight excluding hydrogens is 295 g/mol. The van der Waals surface area contributed by atoms with Crippen molar-refractivity contribution in [3.05, 3.63) is 65.0 Å². The molecule has 0 amide bonds. The second-order valence-corrected chi connectivity index (χ2v) is 4.72. The summed E-state index contributed by atoms with van der Waals surface area (Å²) in [6.07, 6.45) is 0. The molecule has 3 heteroatoms. The monoisotopic (exact) mass is 308 g/mol. The largest absolute Gasteiger partial charge is 0.489 e. The summed E-state index contributed by atoms with van der Waals surface area (Å²) in [6.45, 7) is 2.42. The summed E-state index contributed by atoms with van der Waals surface area (Å²) >= 11 is 3.44. The van der Waals surface area contributed by atoms with Crippen LogP contribution in [0.5, 0.6) is 5.75 Å². The summed E-state index contributed by atoms with van der Waals surface area (Å²) in [5.41, 5.74) is 3.13. The molecule has 1 nitrogen and oxygen atoms in total. The van der Waals surface area contributed by atoms with Crippen molar-refractivity contribution in [2.75, 3.05) is 0 Å². The first-order chi connectivity index (χ1) is 8.69. The molecule has 2 aromatic carbocycles. The molecule has 0 saturated heterocycles. The summed E-state index contributed by atoms with van der Waals surface area (Å²) in [5.74, 6) is 0.599. The van der Waals surface area contributed by atoms with Gasteiger partial charge in [-0.15, -0.1) is 0 Å². The van der Waals surface area contributed by atoms with Crippen molar-refractivity contribution in [3.8, 4) is 5.75 Å². The zero-order valence-electron chi connectivity index (χ0n) is 10.1. The van der Waals surface area contributed by atoms with Crippen molar-refractivity contribution in [3.63, 3.8) is 0 Å². The van der Waals surface area contributed by atoms with E-state index in [4.69, 9.17) is 4.74 Å². The lowest BCUT2D eigenvalue weighted by atomic mass is 10.1. The summed E-state index contributed by atoms with van der Waals surface area (Å²) in [4.78, 5) is 0.